The van der Waals surface area contributed by atoms with E-state index in [9.17, 15) is 4.79 Å². The summed E-state index contributed by atoms with van der Waals surface area (Å²) in [7, 11) is 0. The fourth-order valence-electron chi connectivity index (χ4n) is 1.72. The fraction of sp³-hybridized carbons (Fsp3) is 0.667. The smallest absolute Gasteiger partial charge is 0.307 e. The first-order valence-electron chi connectivity index (χ1n) is 3.87. The molecule has 2 heteroatoms. The Labute approximate surface area is 66.9 Å². The Morgan fingerprint density at radius 3 is 2.36 bits per heavy atom. The van der Waals surface area contributed by atoms with Gasteiger partial charge in [-0.15, -0.1) is 0 Å². The van der Waals surface area contributed by atoms with Crippen LogP contribution in [0.3, 0.4) is 0 Å². The van der Waals surface area contributed by atoms with Crippen molar-refractivity contribution in [3.05, 3.63) is 12.2 Å². The van der Waals surface area contributed by atoms with E-state index in [4.69, 9.17) is 5.11 Å². The third kappa shape index (κ3) is 1.17. The van der Waals surface area contributed by atoms with E-state index in [1.807, 2.05) is 32.9 Å². The summed E-state index contributed by atoms with van der Waals surface area (Å²) in [6.45, 7) is 5.92. The lowest BCUT2D eigenvalue weighted by atomic mass is 10.1. The van der Waals surface area contributed by atoms with Crippen molar-refractivity contribution in [2.75, 3.05) is 0 Å². The molecule has 0 aromatic rings. The quantitative estimate of drug-likeness (QED) is 0.617. The van der Waals surface area contributed by atoms with Crippen LogP contribution in [0.1, 0.15) is 20.8 Å². The summed E-state index contributed by atoms with van der Waals surface area (Å²) in [5.74, 6) is -0.596. The highest BCUT2D eigenvalue weighted by Crippen LogP contribution is 2.58. The molecule has 1 rings (SSSR count). The monoisotopic (exact) mass is 154 g/mol. The Morgan fingerprint density at radius 2 is 2.09 bits per heavy atom. The van der Waals surface area contributed by atoms with Crippen LogP contribution in [0.5, 0.6) is 0 Å². The predicted octanol–water partition coefficient (Wildman–Crippen LogP) is 1.92. The molecule has 0 aromatic heterocycles. The topological polar surface area (TPSA) is 37.3 Å². The molecule has 1 saturated carbocycles. The van der Waals surface area contributed by atoms with E-state index in [1.54, 1.807) is 0 Å². The first-order valence-corrected chi connectivity index (χ1v) is 3.87. The number of hydrogen-bond donors (Lipinski definition) is 1. The molecule has 2 nitrogen and oxygen atoms in total. The van der Waals surface area contributed by atoms with Crippen LogP contribution in [-0.2, 0) is 4.79 Å². The Hall–Kier alpha value is -0.790. The molecule has 1 N–H and O–H groups in total. The largest absolute Gasteiger partial charge is 0.481 e. The number of hydrogen-bond acceptors (Lipinski definition) is 1. The molecule has 0 unspecified atom stereocenters. The summed E-state index contributed by atoms with van der Waals surface area (Å²) in [5.41, 5.74) is -0.0294. The van der Waals surface area contributed by atoms with Crippen LogP contribution in [0.15, 0.2) is 12.2 Å². The zero-order chi connectivity index (χ0) is 8.65. The van der Waals surface area contributed by atoms with Crippen LogP contribution in [0.25, 0.3) is 0 Å². The van der Waals surface area contributed by atoms with Crippen molar-refractivity contribution in [1.82, 2.24) is 0 Å². The molecule has 0 spiro atoms. The van der Waals surface area contributed by atoms with Gasteiger partial charge >= 0.3 is 5.97 Å². The third-order valence-electron chi connectivity index (χ3n) is 2.58. The third-order valence-corrected chi connectivity index (χ3v) is 2.58. The Kier molecular flexibility index (Phi) is 1.78. The van der Waals surface area contributed by atoms with Crippen molar-refractivity contribution >= 4 is 5.97 Å². The molecule has 1 aliphatic rings. The standard InChI is InChI=1S/C9H14O2/c1-4-5-6-7(8(10)11)9(6,2)3/h4-7H,1-3H3,(H,10,11)/b5-4+/t6-,7-/m0/s1. The highest BCUT2D eigenvalue weighted by atomic mass is 16.4. The second-order valence-corrected chi connectivity index (χ2v) is 3.69. The first-order chi connectivity index (χ1) is 5.01. The van der Waals surface area contributed by atoms with Gasteiger partial charge in [0.05, 0.1) is 5.92 Å². The Balaban J connectivity index is 2.68. The van der Waals surface area contributed by atoms with Crippen LogP contribution in [0, 0.1) is 17.3 Å². The lowest BCUT2D eigenvalue weighted by Crippen LogP contribution is -2.02. The molecule has 0 aromatic carbocycles. The van der Waals surface area contributed by atoms with Gasteiger partial charge in [-0.2, -0.15) is 0 Å². The highest BCUT2D eigenvalue weighted by molar-refractivity contribution is 5.76. The van der Waals surface area contributed by atoms with Crippen molar-refractivity contribution in [3.63, 3.8) is 0 Å². The highest BCUT2D eigenvalue weighted by Gasteiger charge is 2.60. The zero-order valence-electron chi connectivity index (χ0n) is 7.16. The maximum Gasteiger partial charge on any atom is 0.307 e. The van der Waals surface area contributed by atoms with Crippen LogP contribution >= 0.6 is 0 Å². The van der Waals surface area contributed by atoms with E-state index in [0.717, 1.165) is 0 Å². The van der Waals surface area contributed by atoms with Gasteiger partial charge in [0.25, 0.3) is 0 Å². The van der Waals surface area contributed by atoms with Crippen LogP contribution < -0.4 is 0 Å². The van der Waals surface area contributed by atoms with Gasteiger partial charge in [0, 0.05) is 0 Å². The van der Waals surface area contributed by atoms with Crippen molar-refractivity contribution in [3.8, 4) is 0 Å². The maximum absolute atomic E-state index is 10.6. The molecule has 1 aliphatic carbocycles. The number of allylic oxidation sites excluding steroid dienone is 2. The molecular formula is C9H14O2. The van der Waals surface area contributed by atoms with Crippen LogP contribution in [-0.4, -0.2) is 11.1 Å². The Morgan fingerprint density at radius 1 is 1.55 bits per heavy atom. The number of carboxylic acid groups (broad SMARTS) is 1. The number of carbonyl (C=O) groups is 1. The van der Waals surface area contributed by atoms with Crippen LogP contribution in [0.4, 0.5) is 0 Å². The average molecular weight is 154 g/mol. The predicted molar refractivity (Wildman–Crippen MR) is 43.2 cm³/mol. The second-order valence-electron chi connectivity index (χ2n) is 3.69. The van der Waals surface area contributed by atoms with E-state index in [0.29, 0.717) is 0 Å². The molecule has 2 atom stereocenters. The summed E-state index contributed by atoms with van der Waals surface area (Å²) < 4.78 is 0. The summed E-state index contributed by atoms with van der Waals surface area (Å²) in [5, 5.41) is 8.75. The van der Waals surface area contributed by atoms with Crippen molar-refractivity contribution in [2.24, 2.45) is 17.3 Å². The average Bonchev–Trinajstić information content (AvgIpc) is 2.35. The van der Waals surface area contributed by atoms with Gasteiger partial charge < -0.3 is 5.11 Å². The maximum atomic E-state index is 10.6. The van der Waals surface area contributed by atoms with Gasteiger partial charge in [0.2, 0.25) is 0 Å². The fourth-order valence-corrected chi connectivity index (χ4v) is 1.72. The van der Waals surface area contributed by atoms with Crippen molar-refractivity contribution in [2.45, 2.75) is 20.8 Å². The molecule has 0 saturated heterocycles. The summed E-state index contributed by atoms with van der Waals surface area (Å²) in [4.78, 5) is 10.6. The summed E-state index contributed by atoms with van der Waals surface area (Å²) >= 11 is 0. The minimum Gasteiger partial charge on any atom is -0.481 e. The van der Waals surface area contributed by atoms with Gasteiger partial charge in [-0.25, -0.2) is 0 Å². The molecule has 0 heterocycles. The lowest BCUT2D eigenvalue weighted by molar-refractivity contribution is -0.139. The molecule has 11 heavy (non-hydrogen) atoms. The zero-order valence-corrected chi connectivity index (χ0v) is 7.16. The van der Waals surface area contributed by atoms with E-state index in [2.05, 4.69) is 0 Å². The minimum atomic E-state index is -0.668. The molecule has 1 fully saturated rings. The first kappa shape index (κ1) is 8.31. The molecule has 0 radical (unpaired) electrons. The normalized spacial score (nSPS) is 34.1. The van der Waals surface area contributed by atoms with E-state index >= 15 is 0 Å². The number of aliphatic carboxylic acids is 1. The summed E-state index contributed by atoms with van der Waals surface area (Å²) in [6.07, 6.45) is 3.91. The van der Waals surface area contributed by atoms with Crippen molar-refractivity contribution < 1.29 is 9.90 Å². The number of carboxylic acids is 1. The minimum absolute atomic E-state index is 0.0294. The number of rotatable bonds is 2. The Bertz CT molecular complexity index is 204. The molecular weight excluding hydrogens is 140 g/mol. The van der Waals surface area contributed by atoms with Gasteiger partial charge in [0.15, 0.2) is 0 Å². The second kappa shape index (κ2) is 2.36. The van der Waals surface area contributed by atoms with Crippen molar-refractivity contribution in [1.29, 1.82) is 0 Å². The van der Waals surface area contributed by atoms with E-state index in [1.165, 1.54) is 0 Å². The van der Waals surface area contributed by atoms with Gasteiger partial charge in [0.1, 0.15) is 0 Å². The van der Waals surface area contributed by atoms with Gasteiger partial charge in [-0.1, -0.05) is 26.0 Å². The SMILES string of the molecule is C/C=C/[C@H]1[C@@H](C(=O)O)C1(C)C. The molecule has 62 valence electrons. The lowest BCUT2D eigenvalue weighted by Gasteiger charge is -1.95. The van der Waals surface area contributed by atoms with Gasteiger partial charge in [-0.3, -0.25) is 4.79 Å². The van der Waals surface area contributed by atoms with Crippen LogP contribution in [0.2, 0.25) is 0 Å². The van der Waals surface area contributed by atoms with Gasteiger partial charge in [-0.05, 0) is 18.3 Å². The molecule has 0 bridgehead atoms. The van der Waals surface area contributed by atoms with E-state index in [-0.39, 0.29) is 17.3 Å². The molecule has 0 amide bonds. The molecule has 0 aliphatic heterocycles. The summed E-state index contributed by atoms with van der Waals surface area (Å²) in [6, 6.07) is 0. The van der Waals surface area contributed by atoms with E-state index < -0.39 is 5.97 Å².